The molecule has 0 unspecified atom stereocenters. The van der Waals surface area contributed by atoms with E-state index in [4.69, 9.17) is 4.74 Å². The highest BCUT2D eigenvalue weighted by molar-refractivity contribution is 7.13. The number of nitrogens with one attached hydrogen (secondary N) is 2. The SMILES string of the molecule is CC(=O)Nc1ccc(NC(=O)COC(=O)C=Cc2cn(-c3ccccc3)nc2-c2cccs2)cc1. The summed E-state index contributed by atoms with van der Waals surface area (Å²) in [5.74, 6) is -1.31. The van der Waals surface area contributed by atoms with Gasteiger partial charge in [-0.3, -0.25) is 9.59 Å². The van der Waals surface area contributed by atoms with Crippen molar-refractivity contribution in [3.8, 4) is 16.3 Å². The topological polar surface area (TPSA) is 102 Å². The molecule has 0 aliphatic rings. The molecule has 176 valence electrons. The van der Waals surface area contributed by atoms with Crippen LogP contribution in [0.2, 0.25) is 0 Å². The zero-order chi connectivity index (χ0) is 24.6. The van der Waals surface area contributed by atoms with Gasteiger partial charge < -0.3 is 15.4 Å². The Balaban J connectivity index is 1.37. The second-order valence-corrected chi connectivity index (χ2v) is 8.39. The van der Waals surface area contributed by atoms with Gasteiger partial charge in [-0.1, -0.05) is 24.3 Å². The molecule has 35 heavy (non-hydrogen) atoms. The molecule has 0 saturated heterocycles. The van der Waals surface area contributed by atoms with Gasteiger partial charge in [-0.2, -0.15) is 5.10 Å². The molecule has 2 amide bonds. The summed E-state index contributed by atoms with van der Waals surface area (Å²) >= 11 is 1.55. The normalized spacial score (nSPS) is 10.8. The fourth-order valence-corrected chi connectivity index (χ4v) is 3.94. The predicted molar refractivity (Wildman–Crippen MR) is 136 cm³/mol. The van der Waals surface area contributed by atoms with Crippen LogP contribution in [0.3, 0.4) is 0 Å². The monoisotopic (exact) mass is 486 g/mol. The lowest BCUT2D eigenvalue weighted by Gasteiger charge is -2.07. The highest BCUT2D eigenvalue weighted by Gasteiger charge is 2.12. The molecule has 0 saturated carbocycles. The van der Waals surface area contributed by atoms with E-state index < -0.39 is 18.5 Å². The number of hydrogen-bond donors (Lipinski definition) is 2. The number of hydrogen-bond acceptors (Lipinski definition) is 6. The number of benzene rings is 2. The number of carbonyl (C=O) groups is 3. The largest absolute Gasteiger partial charge is 0.452 e. The van der Waals surface area contributed by atoms with E-state index >= 15 is 0 Å². The molecular formula is C26H22N4O4S. The molecule has 2 aromatic carbocycles. The Morgan fingerprint density at radius 2 is 1.69 bits per heavy atom. The molecule has 0 spiro atoms. The molecule has 4 aromatic rings. The first-order valence-electron chi connectivity index (χ1n) is 10.7. The lowest BCUT2D eigenvalue weighted by molar-refractivity contribution is -0.142. The number of amides is 2. The first kappa shape index (κ1) is 23.7. The molecular weight excluding hydrogens is 464 g/mol. The quantitative estimate of drug-likeness (QED) is 0.276. The van der Waals surface area contributed by atoms with Crippen molar-refractivity contribution in [3.63, 3.8) is 0 Å². The van der Waals surface area contributed by atoms with Gasteiger partial charge in [0.15, 0.2) is 6.61 Å². The second-order valence-electron chi connectivity index (χ2n) is 7.44. The zero-order valence-electron chi connectivity index (χ0n) is 18.8. The molecule has 0 aliphatic heterocycles. The van der Waals surface area contributed by atoms with Crippen molar-refractivity contribution in [3.05, 3.63) is 89.9 Å². The number of nitrogens with zero attached hydrogens (tertiary/aromatic N) is 2. The summed E-state index contributed by atoms with van der Waals surface area (Å²) in [7, 11) is 0. The Morgan fingerprint density at radius 3 is 2.34 bits per heavy atom. The molecule has 0 radical (unpaired) electrons. The number of carbonyl (C=O) groups excluding carboxylic acids is 3. The van der Waals surface area contributed by atoms with Crippen molar-refractivity contribution in [1.82, 2.24) is 9.78 Å². The third-order valence-electron chi connectivity index (χ3n) is 4.75. The van der Waals surface area contributed by atoms with E-state index in [9.17, 15) is 14.4 Å². The van der Waals surface area contributed by atoms with Crippen molar-refractivity contribution in [2.24, 2.45) is 0 Å². The lowest BCUT2D eigenvalue weighted by Crippen LogP contribution is -2.20. The molecule has 0 fully saturated rings. The summed E-state index contributed by atoms with van der Waals surface area (Å²) in [5.41, 5.74) is 3.52. The molecule has 9 heteroatoms. The summed E-state index contributed by atoms with van der Waals surface area (Å²) in [6.45, 7) is 0.981. The molecule has 2 N–H and O–H groups in total. The number of rotatable bonds is 8. The summed E-state index contributed by atoms with van der Waals surface area (Å²) in [4.78, 5) is 36.4. The Hall–Kier alpha value is -4.50. The number of aromatic nitrogens is 2. The first-order valence-corrected chi connectivity index (χ1v) is 11.6. The summed E-state index contributed by atoms with van der Waals surface area (Å²) in [5, 5.41) is 11.9. The van der Waals surface area contributed by atoms with E-state index in [1.807, 2.05) is 54.0 Å². The standard InChI is InChI=1S/C26H22N4O4S/c1-18(31)27-20-10-12-21(13-11-20)28-24(32)17-34-25(33)14-9-19-16-30(22-6-3-2-4-7-22)29-26(19)23-8-5-15-35-23/h2-16H,17H2,1H3,(H,27,31)(H,28,32). The molecule has 2 heterocycles. The number of anilines is 2. The average Bonchev–Trinajstić information content (AvgIpc) is 3.53. The Morgan fingerprint density at radius 1 is 0.971 bits per heavy atom. The summed E-state index contributed by atoms with van der Waals surface area (Å²) in [6.07, 6.45) is 4.74. The zero-order valence-corrected chi connectivity index (χ0v) is 19.6. The van der Waals surface area contributed by atoms with Crippen LogP contribution in [0.15, 0.2) is 84.4 Å². The van der Waals surface area contributed by atoms with Gasteiger partial charge in [0.2, 0.25) is 5.91 Å². The van der Waals surface area contributed by atoms with Crippen LogP contribution < -0.4 is 10.6 Å². The average molecular weight is 487 g/mol. The van der Waals surface area contributed by atoms with Gasteiger partial charge in [-0.15, -0.1) is 11.3 Å². The smallest absolute Gasteiger partial charge is 0.331 e. The maximum absolute atomic E-state index is 12.2. The minimum atomic E-state index is -0.647. The molecule has 2 aromatic heterocycles. The minimum Gasteiger partial charge on any atom is -0.452 e. The second kappa shape index (κ2) is 11.1. The summed E-state index contributed by atoms with van der Waals surface area (Å²) < 4.78 is 6.83. The van der Waals surface area contributed by atoms with Crippen LogP contribution in [0, 0.1) is 0 Å². The minimum absolute atomic E-state index is 0.184. The molecule has 0 bridgehead atoms. The van der Waals surface area contributed by atoms with Crippen LogP contribution >= 0.6 is 11.3 Å². The third-order valence-corrected chi connectivity index (χ3v) is 5.63. The maximum atomic E-state index is 12.2. The number of ether oxygens (including phenoxy) is 1. The fraction of sp³-hybridized carbons (Fsp3) is 0.0769. The first-order chi connectivity index (χ1) is 17.0. The van der Waals surface area contributed by atoms with Crippen LogP contribution in [0.1, 0.15) is 12.5 Å². The maximum Gasteiger partial charge on any atom is 0.331 e. The third kappa shape index (κ3) is 6.52. The van der Waals surface area contributed by atoms with Gasteiger partial charge in [0.25, 0.3) is 5.91 Å². The van der Waals surface area contributed by atoms with E-state index in [0.29, 0.717) is 11.4 Å². The molecule has 0 aliphatic carbocycles. The fourth-order valence-electron chi connectivity index (χ4n) is 3.21. The molecule has 0 atom stereocenters. The van der Waals surface area contributed by atoms with Crippen molar-refractivity contribution in [2.75, 3.05) is 17.2 Å². The van der Waals surface area contributed by atoms with E-state index in [2.05, 4.69) is 15.7 Å². The number of esters is 1. The van der Waals surface area contributed by atoms with Gasteiger partial charge in [-0.25, -0.2) is 9.48 Å². The molecule has 8 nitrogen and oxygen atoms in total. The van der Waals surface area contributed by atoms with E-state index in [1.54, 1.807) is 46.4 Å². The molecule has 4 rings (SSSR count). The van der Waals surface area contributed by atoms with Crippen LogP contribution in [0.4, 0.5) is 11.4 Å². The highest BCUT2D eigenvalue weighted by Crippen LogP contribution is 2.28. The van der Waals surface area contributed by atoms with Crippen molar-refractivity contribution in [2.45, 2.75) is 6.92 Å². The van der Waals surface area contributed by atoms with Crippen LogP contribution in [0.5, 0.6) is 0 Å². The summed E-state index contributed by atoms with van der Waals surface area (Å²) in [6, 6.07) is 20.2. The predicted octanol–water partition coefficient (Wildman–Crippen LogP) is 4.75. The van der Waals surface area contributed by atoms with Gasteiger partial charge in [0.1, 0.15) is 5.69 Å². The van der Waals surface area contributed by atoms with Gasteiger partial charge in [0.05, 0.1) is 10.6 Å². The van der Waals surface area contributed by atoms with Crippen LogP contribution in [-0.4, -0.2) is 34.2 Å². The van der Waals surface area contributed by atoms with Crippen LogP contribution in [0.25, 0.3) is 22.3 Å². The number of thiophene rings is 1. The Labute approximate surface area is 205 Å². The van der Waals surface area contributed by atoms with E-state index in [1.165, 1.54) is 13.0 Å². The lowest BCUT2D eigenvalue weighted by atomic mass is 10.2. The Kier molecular flexibility index (Phi) is 7.49. The van der Waals surface area contributed by atoms with Gasteiger partial charge >= 0.3 is 5.97 Å². The number of para-hydroxylation sites is 1. The van der Waals surface area contributed by atoms with Crippen molar-refractivity contribution >= 4 is 46.6 Å². The van der Waals surface area contributed by atoms with E-state index in [0.717, 1.165) is 21.8 Å². The Bertz CT molecular complexity index is 1340. The van der Waals surface area contributed by atoms with Gasteiger partial charge in [-0.05, 0) is 53.9 Å². The van der Waals surface area contributed by atoms with E-state index in [-0.39, 0.29) is 5.91 Å². The van der Waals surface area contributed by atoms with Crippen molar-refractivity contribution in [1.29, 1.82) is 0 Å². The highest BCUT2D eigenvalue weighted by atomic mass is 32.1. The van der Waals surface area contributed by atoms with Crippen molar-refractivity contribution < 1.29 is 19.1 Å². The van der Waals surface area contributed by atoms with Gasteiger partial charge in [0, 0.05) is 36.1 Å². The van der Waals surface area contributed by atoms with Crippen LogP contribution in [-0.2, 0) is 19.1 Å².